The van der Waals surface area contributed by atoms with Crippen LogP contribution in [0, 0.1) is 0 Å². The lowest BCUT2D eigenvalue weighted by molar-refractivity contribution is 0.127. The highest BCUT2D eigenvalue weighted by Gasteiger charge is 2.19. The van der Waals surface area contributed by atoms with E-state index in [2.05, 4.69) is 25.2 Å². The van der Waals surface area contributed by atoms with Crippen molar-refractivity contribution in [2.45, 2.75) is 32.4 Å². The monoisotopic (exact) mass is 265 g/mol. The van der Waals surface area contributed by atoms with E-state index in [-0.39, 0.29) is 5.54 Å². The van der Waals surface area contributed by atoms with Crippen molar-refractivity contribution in [3.8, 4) is 11.5 Å². The average molecular weight is 265 g/mol. The van der Waals surface area contributed by atoms with Crippen molar-refractivity contribution in [3.05, 3.63) is 23.8 Å². The maximum atomic E-state index is 5.81. The fourth-order valence-electron chi connectivity index (χ4n) is 2.14. The molecule has 1 aliphatic heterocycles. The van der Waals surface area contributed by atoms with Crippen LogP contribution in [0.2, 0.25) is 0 Å². The van der Waals surface area contributed by atoms with Gasteiger partial charge in [-0.1, -0.05) is 12.1 Å². The second-order valence-corrected chi connectivity index (χ2v) is 5.47. The van der Waals surface area contributed by atoms with Crippen LogP contribution >= 0.6 is 0 Å². The lowest BCUT2D eigenvalue weighted by Crippen LogP contribution is -2.42. The zero-order valence-electron chi connectivity index (χ0n) is 12.0. The number of methoxy groups -OCH3 is 1. The number of rotatable bonds is 5. The average Bonchev–Trinajstić information content (AvgIpc) is 2.61. The zero-order valence-corrected chi connectivity index (χ0v) is 12.0. The van der Waals surface area contributed by atoms with Gasteiger partial charge in [0, 0.05) is 31.2 Å². The summed E-state index contributed by atoms with van der Waals surface area (Å²) in [6.45, 7) is 7.08. The van der Waals surface area contributed by atoms with Crippen molar-refractivity contribution in [3.63, 3.8) is 0 Å². The van der Waals surface area contributed by atoms with E-state index in [1.807, 2.05) is 12.1 Å². The van der Waals surface area contributed by atoms with E-state index < -0.39 is 0 Å². The standard InChI is InChI=1S/C15H23NO3/c1-15(2,11-17-3)16-10-12-6-4-7-13-14(12)19-9-5-8-18-13/h4,6-7,16H,5,8-11H2,1-3H3. The van der Waals surface area contributed by atoms with E-state index >= 15 is 0 Å². The predicted molar refractivity (Wildman–Crippen MR) is 74.8 cm³/mol. The molecule has 0 saturated carbocycles. The summed E-state index contributed by atoms with van der Waals surface area (Å²) in [7, 11) is 1.72. The van der Waals surface area contributed by atoms with Crippen molar-refractivity contribution >= 4 is 0 Å². The number of nitrogens with one attached hydrogen (secondary N) is 1. The zero-order chi connectivity index (χ0) is 13.7. The lowest BCUT2D eigenvalue weighted by Gasteiger charge is -2.26. The molecule has 2 rings (SSSR count). The molecule has 0 unspecified atom stereocenters. The molecule has 4 heteroatoms. The third kappa shape index (κ3) is 3.85. The highest BCUT2D eigenvalue weighted by molar-refractivity contribution is 5.47. The van der Waals surface area contributed by atoms with Crippen LogP contribution in [0.1, 0.15) is 25.8 Å². The molecule has 106 valence electrons. The van der Waals surface area contributed by atoms with Crippen molar-refractivity contribution in [1.82, 2.24) is 5.32 Å². The summed E-state index contributed by atoms with van der Waals surface area (Å²) in [5, 5.41) is 3.49. The molecule has 4 nitrogen and oxygen atoms in total. The maximum absolute atomic E-state index is 5.81. The third-order valence-electron chi connectivity index (χ3n) is 3.12. The largest absolute Gasteiger partial charge is 0.490 e. The molecule has 1 aromatic rings. The van der Waals surface area contributed by atoms with Crippen LogP contribution in [-0.2, 0) is 11.3 Å². The van der Waals surface area contributed by atoms with Gasteiger partial charge in [0.1, 0.15) is 0 Å². The van der Waals surface area contributed by atoms with Crippen molar-refractivity contribution in [2.75, 3.05) is 26.9 Å². The molecule has 0 saturated heterocycles. The second kappa shape index (κ2) is 6.26. The predicted octanol–water partition coefficient (Wildman–Crippen LogP) is 2.36. The van der Waals surface area contributed by atoms with Crippen molar-refractivity contribution in [2.24, 2.45) is 0 Å². The quantitative estimate of drug-likeness (QED) is 0.887. The molecule has 0 aromatic heterocycles. The lowest BCUT2D eigenvalue weighted by atomic mass is 10.1. The Morgan fingerprint density at radius 3 is 2.84 bits per heavy atom. The summed E-state index contributed by atoms with van der Waals surface area (Å²) in [6, 6.07) is 6.04. The topological polar surface area (TPSA) is 39.7 Å². The molecule has 0 fully saturated rings. The SMILES string of the molecule is COCC(C)(C)NCc1cccc2c1OCCCO2. The van der Waals surface area contributed by atoms with Gasteiger partial charge in [-0.15, -0.1) is 0 Å². The number of fused-ring (bicyclic) bond motifs is 1. The Morgan fingerprint density at radius 1 is 1.26 bits per heavy atom. The molecule has 1 aromatic carbocycles. The van der Waals surface area contributed by atoms with Gasteiger partial charge < -0.3 is 19.5 Å². The molecule has 0 amide bonds. The molecule has 19 heavy (non-hydrogen) atoms. The van der Waals surface area contributed by atoms with E-state index in [9.17, 15) is 0 Å². The first-order chi connectivity index (χ1) is 9.12. The van der Waals surface area contributed by atoms with E-state index in [1.54, 1.807) is 7.11 Å². The van der Waals surface area contributed by atoms with E-state index in [0.29, 0.717) is 13.2 Å². The Hall–Kier alpha value is -1.26. The number of hydrogen-bond donors (Lipinski definition) is 1. The Morgan fingerprint density at radius 2 is 2.05 bits per heavy atom. The molecular formula is C15H23NO3. The molecule has 0 radical (unpaired) electrons. The minimum Gasteiger partial charge on any atom is -0.490 e. The van der Waals surface area contributed by atoms with Crippen LogP contribution in [0.25, 0.3) is 0 Å². The molecule has 1 aliphatic rings. The molecule has 1 N–H and O–H groups in total. The Balaban J connectivity index is 2.08. The van der Waals surface area contributed by atoms with Crippen molar-refractivity contribution < 1.29 is 14.2 Å². The van der Waals surface area contributed by atoms with Gasteiger partial charge in [0.25, 0.3) is 0 Å². The normalized spacial score (nSPS) is 15.1. The first-order valence-corrected chi connectivity index (χ1v) is 6.74. The summed E-state index contributed by atoms with van der Waals surface area (Å²) in [4.78, 5) is 0. The van der Waals surface area contributed by atoms with Crippen molar-refractivity contribution in [1.29, 1.82) is 0 Å². The van der Waals surface area contributed by atoms with Crippen LogP contribution in [0.4, 0.5) is 0 Å². The Bertz CT molecular complexity index is 418. The van der Waals surface area contributed by atoms with E-state index in [0.717, 1.165) is 36.6 Å². The molecule has 1 heterocycles. The van der Waals surface area contributed by atoms with Gasteiger partial charge in [-0.25, -0.2) is 0 Å². The fraction of sp³-hybridized carbons (Fsp3) is 0.600. The van der Waals surface area contributed by atoms with Crippen LogP contribution in [-0.4, -0.2) is 32.5 Å². The van der Waals surface area contributed by atoms with Gasteiger partial charge in [-0.2, -0.15) is 0 Å². The molecule has 0 aliphatic carbocycles. The van der Waals surface area contributed by atoms with Gasteiger partial charge in [-0.05, 0) is 19.9 Å². The third-order valence-corrected chi connectivity index (χ3v) is 3.12. The number of hydrogen-bond acceptors (Lipinski definition) is 4. The number of benzene rings is 1. The molecule has 0 atom stereocenters. The maximum Gasteiger partial charge on any atom is 0.165 e. The van der Waals surface area contributed by atoms with E-state index in [1.165, 1.54) is 0 Å². The Labute approximate surface area is 115 Å². The summed E-state index contributed by atoms with van der Waals surface area (Å²) in [5.41, 5.74) is 1.06. The van der Waals surface area contributed by atoms with Gasteiger partial charge in [0.15, 0.2) is 11.5 Å². The smallest absolute Gasteiger partial charge is 0.165 e. The van der Waals surface area contributed by atoms with Crippen LogP contribution < -0.4 is 14.8 Å². The van der Waals surface area contributed by atoms with Crippen LogP contribution in [0.5, 0.6) is 11.5 Å². The minimum absolute atomic E-state index is 0.0664. The molecule has 0 bridgehead atoms. The summed E-state index contributed by atoms with van der Waals surface area (Å²) >= 11 is 0. The van der Waals surface area contributed by atoms with Crippen LogP contribution in [0.15, 0.2) is 18.2 Å². The fourth-order valence-corrected chi connectivity index (χ4v) is 2.14. The highest BCUT2D eigenvalue weighted by Crippen LogP contribution is 2.33. The van der Waals surface area contributed by atoms with Gasteiger partial charge >= 0.3 is 0 Å². The van der Waals surface area contributed by atoms with E-state index in [4.69, 9.17) is 14.2 Å². The molecular weight excluding hydrogens is 242 g/mol. The highest BCUT2D eigenvalue weighted by atomic mass is 16.5. The van der Waals surface area contributed by atoms with Crippen LogP contribution in [0.3, 0.4) is 0 Å². The molecule has 0 spiro atoms. The first-order valence-electron chi connectivity index (χ1n) is 6.74. The Kier molecular flexibility index (Phi) is 4.66. The van der Waals surface area contributed by atoms with Gasteiger partial charge in [0.2, 0.25) is 0 Å². The van der Waals surface area contributed by atoms with Gasteiger partial charge in [-0.3, -0.25) is 0 Å². The minimum atomic E-state index is -0.0664. The summed E-state index contributed by atoms with van der Waals surface area (Å²) < 4.78 is 16.7. The second-order valence-electron chi connectivity index (χ2n) is 5.47. The first kappa shape index (κ1) is 14.2. The summed E-state index contributed by atoms with van der Waals surface area (Å²) in [6.07, 6.45) is 0.927. The number of para-hydroxylation sites is 1. The summed E-state index contributed by atoms with van der Waals surface area (Å²) in [5.74, 6) is 1.72. The van der Waals surface area contributed by atoms with Gasteiger partial charge in [0.05, 0.1) is 19.8 Å². The number of ether oxygens (including phenoxy) is 3.